The van der Waals surface area contributed by atoms with E-state index in [4.69, 9.17) is 9.19 Å². The zero-order valence-electron chi connectivity index (χ0n) is 18.5. The molecule has 0 aliphatic heterocycles. The van der Waals surface area contributed by atoms with E-state index in [1.54, 1.807) is 0 Å². The van der Waals surface area contributed by atoms with Crippen LogP contribution in [0.1, 0.15) is 142 Å². The van der Waals surface area contributed by atoms with Crippen molar-refractivity contribution in [3.8, 4) is 0 Å². The molecule has 0 aromatic carbocycles. The van der Waals surface area contributed by atoms with E-state index in [0.717, 1.165) is 0 Å². The Morgan fingerprint density at radius 1 is 0.385 bits per heavy atom. The zero-order chi connectivity index (χ0) is 19.1. The van der Waals surface area contributed by atoms with Crippen LogP contribution in [-0.4, -0.2) is 18.2 Å². The Morgan fingerprint density at radius 3 is 0.885 bits per heavy atom. The second kappa shape index (κ2) is 24.1. The van der Waals surface area contributed by atoms with Crippen LogP contribution in [0, 0.1) is 0 Å². The molecule has 0 unspecified atom stereocenters. The van der Waals surface area contributed by atoms with Crippen LogP contribution < -0.4 is 0 Å². The molecule has 0 bridgehead atoms. The van der Waals surface area contributed by atoms with Crippen LogP contribution in [0.5, 0.6) is 0 Å². The van der Waals surface area contributed by atoms with Gasteiger partial charge in [-0.15, -0.1) is 0 Å². The van der Waals surface area contributed by atoms with E-state index >= 15 is 0 Å². The average Bonchev–Trinajstić information content (AvgIpc) is 2.64. The first-order valence-corrected chi connectivity index (χ1v) is 20.3. The van der Waals surface area contributed by atoms with Crippen molar-refractivity contribution in [2.75, 3.05) is 0 Å². The van der Waals surface area contributed by atoms with Gasteiger partial charge >= 0.3 is 178 Å². The molecular formula is C24H51SSb. The summed E-state index contributed by atoms with van der Waals surface area (Å²) < 4.78 is 2.98. The van der Waals surface area contributed by atoms with E-state index in [0.29, 0.717) is 0 Å². The molecule has 0 aromatic rings. The Hall–Kier alpha value is 1.04. The van der Waals surface area contributed by atoms with Crippen LogP contribution >= 0.6 is 9.19 Å². The fourth-order valence-corrected chi connectivity index (χ4v) is 10.1. The first-order chi connectivity index (χ1) is 12.8. The van der Waals surface area contributed by atoms with E-state index in [9.17, 15) is 0 Å². The molecule has 0 aromatic heterocycles. The summed E-state index contributed by atoms with van der Waals surface area (Å²) >= 11 is -1.33. The number of rotatable bonds is 22. The van der Waals surface area contributed by atoms with Gasteiger partial charge in [0.05, 0.1) is 0 Å². The summed E-state index contributed by atoms with van der Waals surface area (Å²) in [6.45, 7) is 4.60. The van der Waals surface area contributed by atoms with Gasteiger partial charge in [0.15, 0.2) is 0 Å². The molecule has 0 atom stereocenters. The quantitative estimate of drug-likeness (QED) is 0.107. The van der Waals surface area contributed by atoms with Crippen molar-refractivity contribution in [2.24, 2.45) is 0 Å². The molecule has 0 rings (SSSR count). The van der Waals surface area contributed by atoms with Gasteiger partial charge in [0.25, 0.3) is 0 Å². The van der Waals surface area contributed by atoms with Gasteiger partial charge in [0, 0.05) is 0 Å². The second-order valence-electron chi connectivity index (χ2n) is 8.40. The van der Waals surface area contributed by atoms with Gasteiger partial charge in [0.1, 0.15) is 0 Å². The number of unbranched alkanes of at least 4 members (excludes halogenated alkanes) is 18. The summed E-state index contributed by atoms with van der Waals surface area (Å²) in [6.07, 6.45) is 29.1. The molecule has 158 valence electrons. The first kappa shape index (κ1) is 27.0. The van der Waals surface area contributed by atoms with Crippen molar-refractivity contribution in [1.82, 2.24) is 0 Å². The molecule has 0 fully saturated rings. The van der Waals surface area contributed by atoms with Gasteiger partial charge < -0.3 is 0 Å². The zero-order valence-corrected chi connectivity index (χ0v) is 22.1. The van der Waals surface area contributed by atoms with E-state index in [-0.39, 0.29) is 0 Å². The molecule has 0 spiro atoms. The molecule has 0 heterocycles. The van der Waals surface area contributed by atoms with E-state index < -0.39 is 18.2 Å². The Labute approximate surface area is 177 Å². The SMILES string of the molecule is CCCCCCCCCCC[CH2][SbH](=[S])[CH2]CCCCCCCCCCC. The van der Waals surface area contributed by atoms with Crippen molar-refractivity contribution in [3.05, 3.63) is 0 Å². The van der Waals surface area contributed by atoms with Crippen LogP contribution in [0.4, 0.5) is 0 Å². The van der Waals surface area contributed by atoms with Crippen molar-refractivity contribution in [1.29, 1.82) is 0 Å². The summed E-state index contributed by atoms with van der Waals surface area (Å²) in [5.41, 5.74) is 0. The molecule has 0 amide bonds. The van der Waals surface area contributed by atoms with Crippen molar-refractivity contribution < 1.29 is 0 Å². The fourth-order valence-electron chi connectivity index (χ4n) is 3.74. The first-order valence-electron chi connectivity index (χ1n) is 12.3. The summed E-state index contributed by atoms with van der Waals surface area (Å²) in [6, 6.07) is 0. The third-order valence-corrected chi connectivity index (χ3v) is 13.6. The van der Waals surface area contributed by atoms with Gasteiger partial charge in [-0.2, -0.15) is 0 Å². The average molecular weight is 493 g/mol. The molecule has 0 aliphatic carbocycles. The molecule has 0 aliphatic rings. The van der Waals surface area contributed by atoms with Crippen LogP contribution in [0.25, 0.3) is 0 Å². The maximum absolute atomic E-state index is 5.85. The van der Waals surface area contributed by atoms with Gasteiger partial charge in [-0.25, -0.2) is 0 Å². The van der Waals surface area contributed by atoms with Crippen LogP contribution in [0.3, 0.4) is 0 Å². The molecular weight excluding hydrogens is 442 g/mol. The van der Waals surface area contributed by atoms with Crippen molar-refractivity contribution in [2.45, 2.75) is 151 Å². The summed E-state index contributed by atoms with van der Waals surface area (Å²) in [7, 11) is 5.85. The van der Waals surface area contributed by atoms with Crippen molar-refractivity contribution >= 4 is 27.4 Å². The third-order valence-electron chi connectivity index (χ3n) is 5.62. The molecule has 0 radical (unpaired) electrons. The topological polar surface area (TPSA) is 0 Å². The second-order valence-corrected chi connectivity index (χ2v) is 18.2. The minimum atomic E-state index is -1.33. The summed E-state index contributed by atoms with van der Waals surface area (Å²) in [5, 5.41) is 0. The van der Waals surface area contributed by atoms with Gasteiger partial charge in [0.2, 0.25) is 0 Å². The Balaban J connectivity index is 3.13. The Morgan fingerprint density at radius 2 is 0.615 bits per heavy atom. The summed E-state index contributed by atoms with van der Waals surface area (Å²) in [5.74, 6) is 0. The van der Waals surface area contributed by atoms with Crippen LogP contribution in [0.15, 0.2) is 0 Å². The van der Waals surface area contributed by atoms with Crippen LogP contribution in [0.2, 0.25) is 8.73 Å². The Bertz CT molecular complexity index is 251. The predicted molar refractivity (Wildman–Crippen MR) is 128 cm³/mol. The fraction of sp³-hybridized carbons (Fsp3) is 1.00. The molecule has 26 heavy (non-hydrogen) atoms. The molecule has 0 saturated carbocycles. The molecule has 2 heteroatoms. The molecule has 0 nitrogen and oxygen atoms in total. The molecule has 0 saturated heterocycles. The van der Waals surface area contributed by atoms with E-state index in [2.05, 4.69) is 13.8 Å². The predicted octanol–water partition coefficient (Wildman–Crippen LogP) is 9.75. The van der Waals surface area contributed by atoms with Crippen LogP contribution in [-0.2, 0) is 0 Å². The molecule has 0 N–H and O–H groups in total. The van der Waals surface area contributed by atoms with Gasteiger partial charge in [-0.05, 0) is 0 Å². The minimum absolute atomic E-state index is 1.33. The van der Waals surface area contributed by atoms with E-state index in [1.165, 1.54) is 137 Å². The number of hydrogen-bond acceptors (Lipinski definition) is 1. The summed E-state index contributed by atoms with van der Waals surface area (Å²) in [4.78, 5) is 0. The van der Waals surface area contributed by atoms with E-state index in [1.807, 2.05) is 0 Å². The Kier molecular flexibility index (Phi) is 25.0. The van der Waals surface area contributed by atoms with Crippen molar-refractivity contribution in [3.63, 3.8) is 0 Å². The maximum atomic E-state index is 5.85. The monoisotopic (exact) mass is 492 g/mol. The number of hydrogen-bond donors (Lipinski definition) is 0. The van der Waals surface area contributed by atoms with Gasteiger partial charge in [-0.1, -0.05) is 0 Å². The third kappa shape index (κ3) is 23.1. The standard InChI is InChI=1S/2C12H25.S.Sb.H/c2*1-3-5-7-9-11-12-10-8-6-4-2;;;/h2*1,3-12H2,2H3;;;. The normalized spacial score (nSPS) is 11.5. The van der Waals surface area contributed by atoms with Gasteiger partial charge in [-0.3, -0.25) is 0 Å².